The van der Waals surface area contributed by atoms with Crippen molar-refractivity contribution in [1.82, 2.24) is 5.32 Å². The highest BCUT2D eigenvalue weighted by Gasteiger charge is 2.16. The van der Waals surface area contributed by atoms with Gasteiger partial charge in [-0.05, 0) is 24.1 Å². The van der Waals surface area contributed by atoms with Gasteiger partial charge in [0.15, 0.2) is 17.7 Å². The summed E-state index contributed by atoms with van der Waals surface area (Å²) in [6, 6.07) is 5.02. The maximum atomic E-state index is 13.8. The fourth-order valence-electron chi connectivity index (χ4n) is 1.57. The van der Waals surface area contributed by atoms with Crippen molar-refractivity contribution >= 4 is 5.91 Å². The number of nitrogens with two attached hydrogens (primary N) is 1. The predicted molar refractivity (Wildman–Crippen MR) is 72.3 cm³/mol. The lowest BCUT2D eigenvalue weighted by Gasteiger charge is -2.15. The predicted octanol–water partition coefficient (Wildman–Crippen LogP) is 1.97. The molecule has 1 amide bonds. The van der Waals surface area contributed by atoms with Gasteiger partial charge in [0.05, 0.1) is 0 Å². The SMILES string of the molecule is CCC(Oc1ccc(CNC(C)C)cc1F)C(N)=O. The molecule has 0 bridgehead atoms. The van der Waals surface area contributed by atoms with Gasteiger partial charge in [-0.15, -0.1) is 0 Å². The van der Waals surface area contributed by atoms with Gasteiger partial charge in [-0.25, -0.2) is 4.39 Å². The lowest BCUT2D eigenvalue weighted by Crippen LogP contribution is -2.33. The quantitative estimate of drug-likeness (QED) is 0.794. The summed E-state index contributed by atoms with van der Waals surface area (Å²) >= 11 is 0. The van der Waals surface area contributed by atoms with Crippen LogP contribution < -0.4 is 15.8 Å². The maximum Gasteiger partial charge on any atom is 0.258 e. The van der Waals surface area contributed by atoms with E-state index in [9.17, 15) is 9.18 Å². The standard InChI is InChI=1S/C14H21FN2O2/c1-4-12(14(16)18)19-13-6-5-10(7-11(13)15)8-17-9(2)3/h5-7,9,12,17H,4,8H2,1-3H3,(H2,16,18). The molecule has 4 nitrogen and oxygen atoms in total. The topological polar surface area (TPSA) is 64.3 Å². The van der Waals surface area contributed by atoms with Crippen molar-refractivity contribution in [3.63, 3.8) is 0 Å². The van der Waals surface area contributed by atoms with Gasteiger partial charge in [0.1, 0.15) is 0 Å². The number of rotatable bonds is 7. The molecule has 1 atom stereocenters. The zero-order valence-corrected chi connectivity index (χ0v) is 11.6. The Balaban J connectivity index is 2.74. The van der Waals surface area contributed by atoms with Gasteiger partial charge in [0.2, 0.25) is 0 Å². The smallest absolute Gasteiger partial charge is 0.258 e. The average Bonchev–Trinajstić information content (AvgIpc) is 2.34. The molecule has 1 aromatic rings. The molecule has 1 aromatic carbocycles. The Morgan fingerprint density at radius 3 is 2.63 bits per heavy atom. The van der Waals surface area contributed by atoms with Crippen LogP contribution in [0.3, 0.4) is 0 Å². The highest BCUT2D eigenvalue weighted by Crippen LogP contribution is 2.20. The summed E-state index contributed by atoms with van der Waals surface area (Å²) in [6.07, 6.45) is -0.389. The molecule has 1 unspecified atom stereocenters. The lowest BCUT2D eigenvalue weighted by atomic mass is 10.2. The number of carbonyl (C=O) groups is 1. The van der Waals surface area contributed by atoms with Crippen molar-refractivity contribution in [3.8, 4) is 5.75 Å². The van der Waals surface area contributed by atoms with Crippen LogP contribution in [0.15, 0.2) is 18.2 Å². The summed E-state index contributed by atoms with van der Waals surface area (Å²) in [4.78, 5) is 11.1. The molecule has 19 heavy (non-hydrogen) atoms. The second kappa shape index (κ2) is 7.09. The van der Waals surface area contributed by atoms with Crippen LogP contribution in [-0.2, 0) is 11.3 Å². The molecule has 0 radical (unpaired) electrons. The third-order valence-electron chi connectivity index (χ3n) is 2.67. The third kappa shape index (κ3) is 4.87. The van der Waals surface area contributed by atoms with Crippen molar-refractivity contribution in [2.75, 3.05) is 0 Å². The lowest BCUT2D eigenvalue weighted by molar-refractivity contribution is -0.124. The second-order valence-corrected chi connectivity index (χ2v) is 4.72. The number of hydrogen-bond acceptors (Lipinski definition) is 3. The summed E-state index contributed by atoms with van der Waals surface area (Å²) in [7, 11) is 0. The Kier molecular flexibility index (Phi) is 5.76. The maximum absolute atomic E-state index is 13.8. The number of benzene rings is 1. The molecule has 0 aliphatic rings. The Morgan fingerprint density at radius 1 is 1.47 bits per heavy atom. The zero-order chi connectivity index (χ0) is 14.4. The largest absolute Gasteiger partial charge is 0.478 e. The second-order valence-electron chi connectivity index (χ2n) is 4.72. The van der Waals surface area contributed by atoms with Crippen LogP contribution in [-0.4, -0.2) is 18.1 Å². The zero-order valence-electron chi connectivity index (χ0n) is 11.6. The molecule has 3 N–H and O–H groups in total. The average molecular weight is 268 g/mol. The first-order valence-corrected chi connectivity index (χ1v) is 6.41. The van der Waals surface area contributed by atoms with Crippen molar-refractivity contribution < 1.29 is 13.9 Å². The van der Waals surface area contributed by atoms with E-state index in [0.717, 1.165) is 5.56 Å². The summed E-state index contributed by atoms with van der Waals surface area (Å²) in [5, 5.41) is 3.20. The van der Waals surface area contributed by atoms with Crippen LogP contribution in [0.1, 0.15) is 32.8 Å². The van der Waals surface area contributed by atoms with E-state index in [0.29, 0.717) is 19.0 Å². The van der Waals surface area contributed by atoms with Crippen LogP contribution in [0.5, 0.6) is 5.75 Å². The van der Waals surface area contributed by atoms with Crippen LogP contribution in [0.4, 0.5) is 4.39 Å². The minimum absolute atomic E-state index is 0.0546. The molecular formula is C14H21FN2O2. The van der Waals surface area contributed by atoms with E-state index in [2.05, 4.69) is 5.32 Å². The van der Waals surface area contributed by atoms with Crippen LogP contribution in [0, 0.1) is 5.82 Å². The molecule has 0 aliphatic carbocycles. The number of ether oxygens (including phenoxy) is 1. The Morgan fingerprint density at radius 2 is 2.16 bits per heavy atom. The molecule has 0 spiro atoms. The van der Waals surface area contributed by atoms with E-state index in [-0.39, 0.29) is 5.75 Å². The number of halogens is 1. The van der Waals surface area contributed by atoms with Crippen molar-refractivity contribution in [1.29, 1.82) is 0 Å². The molecule has 106 valence electrons. The molecule has 0 saturated carbocycles. The number of carbonyl (C=O) groups excluding carboxylic acids is 1. The first kappa shape index (κ1) is 15.4. The van der Waals surface area contributed by atoms with Crippen molar-refractivity contribution in [2.45, 2.75) is 45.9 Å². The summed E-state index contributed by atoms with van der Waals surface area (Å²) in [5.74, 6) is -1.02. The number of nitrogens with one attached hydrogen (secondary N) is 1. The summed E-state index contributed by atoms with van der Waals surface area (Å²) < 4.78 is 19.1. The molecule has 0 saturated heterocycles. The molecule has 1 rings (SSSR count). The Bertz CT molecular complexity index is 435. The van der Waals surface area contributed by atoms with E-state index in [4.69, 9.17) is 10.5 Å². The Labute approximate surface area is 113 Å². The molecular weight excluding hydrogens is 247 g/mol. The summed E-state index contributed by atoms with van der Waals surface area (Å²) in [5.41, 5.74) is 5.98. The molecule has 0 heterocycles. The number of amides is 1. The minimum atomic E-state index is -0.797. The number of hydrogen-bond donors (Lipinski definition) is 2. The first-order chi connectivity index (χ1) is 8.93. The van der Waals surface area contributed by atoms with E-state index in [1.165, 1.54) is 12.1 Å². The first-order valence-electron chi connectivity index (χ1n) is 6.41. The minimum Gasteiger partial charge on any atom is -0.478 e. The summed E-state index contributed by atoms with van der Waals surface area (Å²) in [6.45, 7) is 6.38. The third-order valence-corrected chi connectivity index (χ3v) is 2.67. The van der Waals surface area contributed by atoms with E-state index in [1.807, 2.05) is 13.8 Å². The highest BCUT2D eigenvalue weighted by molar-refractivity contribution is 5.79. The molecule has 0 fully saturated rings. The van der Waals surface area contributed by atoms with E-state index < -0.39 is 17.8 Å². The van der Waals surface area contributed by atoms with Gasteiger partial charge in [-0.1, -0.05) is 26.8 Å². The van der Waals surface area contributed by atoms with Crippen molar-refractivity contribution in [2.24, 2.45) is 5.73 Å². The van der Waals surface area contributed by atoms with E-state index >= 15 is 0 Å². The fourth-order valence-corrected chi connectivity index (χ4v) is 1.57. The normalized spacial score (nSPS) is 12.5. The van der Waals surface area contributed by atoms with Gasteiger partial charge in [0.25, 0.3) is 5.91 Å². The highest BCUT2D eigenvalue weighted by atomic mass is 19.1. The van der Waals surface area contributed by atoms with Gasteiger partial charge < -0.3 is 15.8 Å². The molecule has 5 heteroatoms. The van der Waals surface area contributed by atoms with Crippen LogP contribution in [0.25, 0.3) is 0 Å². The molecule has 0 aromatic heterocycles. The van der Waals surface area contributed by atoms with Gasteiger partial charge in [-0.2, -0.15) is 0 Å². The Hall–Kier alpha value is -1.62. The van der Waals surface area contributed by atoms with Gasteiger partial charge in [-0.3, -0.25) is 4.79 Å². The van der Waals surface area contributed by atoms with Crippen LogP contribution in [0.2, 0.25) is 0 Å². The van der Waals surface area contributed by atoms with Crippen molar-refractivity contribution in [3.05, 3.63) is 29.6 Å². The van der Waals surface area contributed by atoms with Crippen LogP contribution >= 0.6 is 0 Å². The van der Waals surface area contributed by atoms with Gasteiger partial charge in [0, 0.05) is 12.6 Å². The van der Waals surface area contributed by atoms with E-state index in [1.54, 1.807) is 13.0 Å². The molecule has 0 aliphatic heterocycles. The number of primary amides is 1. The fraction of sp³-hybridized carbons (Fsp3) is 0.500. The monoisotopic (exact) mass is 268 g/mol. The van der Waals surface area contributed by atoms with Gasteiger partial charge >= 0.3 is 0 Å².